The number of carbonyl (C=O) groups excluding carboxylic acids is 1. The predicted octanol–water partition coefficient (Wildman–Crippen LogP) is 5.71. The summed E-state index contributed by atoms with van der Waals surface area (Å²) in [6.45, 7) is 3.70. The van der Waals surface area contributed by atoms with Crippen molar-refractivity contribution in [1.82, 2.24) is 20.6 Å². The molecular formula is C26H25N7O3. The fourth-order valence-corrected chi connectivity index (χ4v) is 4.00. The zero-order valence-electron chi connectivity index (χ0n) is 19.9. The van der Waals surface area contributed by atoms with Crippen LogP contribution in [0.3, 0.4) is 0 Å². The average molecular weight is 484 g/mol. The Balaban J connectivity index is 1.54. The number of nitrogens with one attached hydrogen (secondary N) is 1. The molecule has 0 radical (unpaired) electrons. The molecule has 1 unspecified atom stereocenters. The molecule has 36 heavy (non-hydrogen) atoms. The number of aromatic nitrogens is 4. The molecule has 0 spiro atoms. The number of tetrazole rings is 1. The number of H-pyrrole nitrogens is 1. The number of hydrogen-bond donors (Lipinski definition) is 2. The highest BCUT2D eigenvalue weighted by Crippen LogP contribution is 2.34. The van der Waals surface area contributed by atoms with Crippen molar-refractivity contribution in [1.29, 1.82) is 0 Å². The molecule has 4 rings (SSSR count). The summed E-state index contributed by atoms with van der Waals surface area (Å²) in [5.74, 6) is 0.796. The van der Waals surface area contributed by atoms with Gasteiger partial charge in [-0.1, -0.05) is 60.9 Å². The summed E-state index contributed by atoms with van der Waals surface area (Å²) in [5, 5.41) is 28.6. The Morgan fingerprint density at radius 1 is 1.17 bits per heavy atom. The number of aromatic amines is 1. The van der Waals surface area contributed by atoms with E-state index in [0.29, 0.717) is 29.1 Å². The molecule has 2 N–H and O–H groups in total. The maximum Gasteiger partial charge on any atom is 0.204 e. The van der Waals surface area contributed by atoms with Gasteiger partial charge in [0, 0.05) is 16.0 Å². The maximum absolute atomic E-state index is 11.8. The molecule has 0 aliphatic carbocycles. The minimum absolute atomic E-state index is 0.0162. The summed E-state index contributed by atoms with van der Waals surface area (Å²) in [7, 11) is 0. The third-order valence-electron chi connectivity index (χ3n) is 5.78. The monoisotopic (exact) mass is 483 g/mol. The number of phenolic OH excluding ortho intramolecular Hbond substituents is 1. The van der Waals surface area contributed by atoms with Crippen LogP contribution in [-0.2, 0) is 13.0 Å². The zero-order chi connectivity index (χ0) is 25.5. The Morgan fingerprint density at radius 3 is 2.64 bits per heavy atom. The summed E-state index contributed by atoms with van der Waals surface area (Å²) in [4.78, 5) is 14.8. The smallest absolute Gasteiger partial charge is 0.204 e. The van der Waals surface area contributed by atoms with E-state index < -0.39 is 6.04 Å². The number of aromatic hydroxyl groups is 1. The van der Waals surface area contributed by atoms with E-state index in [1.54, 1.807) is 12.1 Å². The van der Waals surface area contributed by atoms with E-state index in [9.17, 15) is 15.4 Å². The van der Waals surface area contributed by atoms with Crippen molar-refractivity contribution in [2.75, 3.05) is 0 Å². The lowest BCUT2D eigenvalue weighted by Gasteiger charge is -2.16. The molecule has 1 aromatic heterocycles. The lowest BCUT2D eigenvalue weighted by molar-refractivity contribution is 0.101. The lowest BCUT2D eigenvalue weighted by Crippen LogP contribution is -2.03. The van der Waals surface area contributed by atoms with Crippen LogP contribution in [0.2, 0.25) is 0 Å². The Bertz CT molecular complexity index is 1400. The highest BCUT2D eigenvalue weighted by molar-refractivity contribution is 5.97. The normalized spacial score (nSPS) is 11.5. The number of phenols is 1. The van der Waals surface area contributed by atoms with E-state index in [0.717, 1.165) is 28.7 Å². The first kappa shape index (κ1) is 24.4. The molecule has 0 saturated carbocycles. The predicted molar refractivity (Wildman–Crippen MR) is 133 cm³/mol. The van der Waals surface area contributed by atoms with E-state index >= 15 is 0 Å². The first-order valence-electron chi connectivity index (χ1n) is 11.5. The number of ketones is 1. The Morgan fingerprint density at radius 2 is 1.97 bits per heavy atom. The number of rotatable bonds is 10. The van der Waals surface area contributed by atoms with Crippen LogP contribution >= 0.6 is 0 Å². The quantitative estimate of drug-likeness (QED) is 0.128. The van der Waals surface area contributed by atoms with E-state index in [2.05, 4.69) is 30.7 Å². The molecule has 182 valence electrons. The number of ether oxygens (including phenoxy) is 1. The standard InChI is InChI=1S/C26H25N7O3/c1-3-5-22-23(13-12-21(16(2)34)25(22)35)36-15-17-8-10-18(11-9-17)24(28-31-27)19-6-4-7-20(14-19)26-29-32-33-30-26/h4,6-14,24,35H,3,5,15H2,1-2H3,(H,29,30,32,33). The van der Waals surface area contributed by atoms with E-state index in [-0.39, 0.29) is 18.1 Å². The summed E-state index contributed by atoms with van der Waals surface area (Å²) in [5.41, 5.74) is 13.4. The molecule has 0 amide bonds. The summed E-state index contributed by atoms with van der Waals surface area (Å²) in [6.07, 6.45) is 1.40. The van der Waals surface area contributed by atoms with Gasteiger partial charge in [-0.05, 0) is 59.0 Å². The van der Waals surface area contributed by atoms with Crippen LogP contribution in [0.1, 0.15) is 58.9 Å². The number of azide groups is 1. The number of hydrogen-bond acceptors (Lipinski definition) is 7. The fourth-order valence-electron chi connectivity index (χ4n) is 4.00. The zero-order valence-corrected chi connectivity index (χ0v) is 19.9. The number of nitrogens with zero attached hydrogens (tertiary/aromatic N) is 6. The Labute approximate surface area is 207 Å². The van der Waals surface area contributed by atoms with Gasteiger partial charge in [-0.2, -0.15) is 5.21 Å². The fraction of sp³-hybridized carbons (Fsp3) is 0.231. The van der Waals surface area contributed by atoms with Crippen LogP contribution in [-0.4, -0.2) is 31.5 Å². The molecule has 10 nitrogen and oxygen atoms in total. The first-order chi connectivity index (χ1) is 17.5. The van der Waals surface area contributed by atoms with Gasteiger partial charge in [-0.25, -0.2) is 0 Å². The van der Waals surface area contributed by atoms with Crippen molar-refractivity contribution < 1.29 is 14.6 Å². The molecule has 0 aliphatic rings. The van der Waals surface area contributed by atoms with Crippen LogP contribution in [0.5, 0.6) is 11.5 Å². The third kappa shape index (κ3) is 5.34. The molecule has 0 saturated heterocycles. The minimum atomic E-state index is -0.538. The third-order valence-corrected chi connectivity index (χ3v) is 5.78. The van der Waals surface area contributed by atoms with Gasteiger partial charge in [-0.15, -0.1) is 10.2 Å². The van der Waals surface area contributed by atoms with Crippen molar-refractivity contribution in [3.05, 3.63) is 98.9 Å². The van der Waals surface area contributed by atoms with Crippen LogP contribution < -0.4 is 4.74 Å². The van der Waals surface area contributed by atoms with Gasteiger partial charge in [0.2, 0.25) is 5.82 Å². The van der Waals surface area contributed by atoms with E-state index in [1.807, 2.05) is 55.5 Å². The topological polar surface area (TPSA) is 150 Å². The Kier molecular flexibility index (Phi) is 7.57. The highest BCUT2D eigenvalue weighted by atomic mass is 16.5. The SMILES string of the molecule is CCCc1c(OCc2ccc(C(N=[N+]=[N-])c3cccc(-c4nn[nH]n4)c3)cc2)ccc(C(C)=O)c1O. The second-order valence-corrected chi connectivity index (χ2v) is 8.24. The summed E-state index contributed by atoms with van der Waals surface area (Å²) < 4.78 is 6.00. The van der Waals surface area contributed by atoms with Crippen LogP contribution in [0.4, 0.5) is 0 Å². The van der Waals surface area contributed by atoms with Crippen LogP contribution in [0.15, 0.2) is 65.8 Å². The van der Waals surface area contributed by atoms with Gasteiger partial charge in [0.05, 0.1) is 11.6 Å². The first-order valence-corrected chi connectivity index (χ1v) is 11.5. The van der Waals surface area contributed by atoms with Crippen LogP contribution in [0, 0.1) is 0 Å². The molecule has 3 aromatic carbocycles. The van der Waals surface area contributed by atoms with Gasteiger partial charge in [-0.3, -0.25) is 4.79 Å². The molecule has 0 aliphatic heterocycles. The molecule has 4 aromatic rings. The molecule has 1 atom stereocenters. The maximum atomic E-state index is 11.8. The molecule has 0 fully saturated rings. The lowest BCUT2D eigenvalue weighted by atomic mass is 9.97. The van der Waals surface area contributed by atoms with Gasteiger partial charge in [0.1, 0.15) is 18.1 Å². The minimum Gasteiger partial charge on any atom is -0.507 e. The second-order valence-electron chi connectivity index (χ2n) is 8.24. The van der Waals surface area contributed by atoms with Crippen molar-refractivity contribution in [2.24, 2.45) is 5.11 Å². The number of benzene rings is 3. The van der Waals surface area contributed by atoms with E-state index in [1.165, 1.54) is 6.92 Å². The van der Waals surface area contributed by atoms with Gasteiger partial charge >= 0.3 is 0 Å². The Hall–Kier alpha value is -4.69. The van der Waals surface area contributed by atoms with E-state index in [4.69, 9.17) is 4.74 Å². The van der Waals surface area contributed by atoms with Gasteiger partial charge in [0.25, 0.3) is 0 Å². The largest absolute Gasteiger partial charge is 0.507 e. The van der Waals surface area contributed by atoms with Gasteiger partial charge < -0.3 is 9.84 Å². The van der Waals surface area contributed by atoms with Crippen molar-refractivity contribution in [3.63, 3.8) is 0 Å². The van der Waals surface area contributed by atoms with Gasteiger partial charge in [0.15, 0.2) is 5.78 Å². The van der Waals surface area contributed by atoms with Crippen LogP contribution in [0.25, 0.3) is 21.8 Å². The molecular weight excluding hydrogens is 458 g/mol. The molecule has 1 heterocycles. The molecule has 10 heteroatoms. The van der Waals surface area contributed by atoms with Crippen molar-refractivity contribution in [2.45, 2.75) is 39.3 Å². The summed E-state index contributed by atoms with van der Waals surface area (Å²) in [6, 6.07) is 17.8. The van der Waals surface area contributed by atoms with Crippen molar-refractivity contribution >= 4 is 5.78 Å². The highest BCUT2D eigenvalue weighted by Gasteiger charge is 2.17. The second kappa shape index (κ2) is 11.2. The summed E-state index contributed by atoms with van der Waals surface area (Å²) >= 11 is 0. The number of carbonyl (C=O) groups is 1. The number of Topliss-reactive ketones (excluding diaryl/α,β-unsaturated/α-hetero) is 1. The molecule has 0 bridgehead atoms. The average Bonchev–Trinajstić information content (AvgIpc) is 3.43. The van der Waals surface area contributed by atoms with Crippen molar-refractivity contribution in [3.8, 4) is 22.9 Å².